The summed E-state index contributed by atoms with van der Waals surface area (Å²) in [7, 11) is 0. The summed E-state index contributed by atoms with van der Waals surface area (Å²) in [6, 6.07) is 65.9. The molecule has 1 aromatic heterocycles. The zero-order valence-electron chi connectivity index (χ0n) is 27.2. The molecule has 0 aliphatic rings. The molecule has 3 heteroatoms. The van der Waals surface area contributed by atoms with Crippen molar-refractivity contribution in [3.05, 3.63) is 188 Å². The third-order valence-corrected chi connectivity index (χ3v) is 9.29. The van der Waals surface area contributed by atoms with Gasteiger partial charge in [0.2, 0.25) is 0 Å². The fraction of sp³-hybridized carbons (Fsp3) is 0. The average Bonchev–Trinajstić information content (AvgIpc) is 3.21. The minimum atomic E-state index is 0.635. The van der Waals surface area contributed by atoms with E-state index in [1.807, 2.05) is 18.2 Å². The molecule has 8 aromatic carbocycles. The van der Waals surface area contributed by atoms with E-state index in [-0.39, 0.29) is 0 Å². The van der Waals surface area contributed by atoms with Crippen molar-refractivity contribution in [1.29, 1.82) is 0 Å². The van der Waals surface area contributed by atoms with Crippen molar-refractivity contribution in [1.82, 2.24) is 15.0 Å². The molecule has 0 amide bonds. The second kappa shape index (κ2) is 12.7. The molecule has 234 valence electrons. The summed E-state index contributed by atoms with van der Waals surface area (Å²) < 4.78 is 0. The normalized spacial score (nSPS) is 11.2. The summed E-state index contributed by atoms with van der Waals surface area (Å²) in [5.41, 5.74) is 9.84. The van der Waals surface area contributed by atoms with E-state index in [9.17, 15) is 0 Å². The standard InChI is InChI=1S/C47H31N3/c1-4-14-32(15-5-1)40-29-36-20-10-11-24-42(36)44(31-40)37-22-12-23-38(28-37)46-48-45(35-18-8-3-9-19-35)49-47(50-46)39-27-26-34-21-13-25-41(43(34)30-39)33-16-6-2-7-17-33/h1-31H. The Morgan fingerprint density at radius 1 is 0.240 bits per heavy atom. The molecule has 3 nitrogen and oxygen atoms in total. The molecule has 0 N–H and O–H groups in total. The Morgan fingerprint density at radius 3 is 1.52 bits per heavy atom. The number of fused-ring (bicyclic) bond motifs is 2. The number of rotatable bonds is 6. The van der Waals surface area contributed by atoms with E-state index in [1.165, 1.54) is 44.0 Å². The quantitative estimate of drug-likeness (QED) is 0.182. The van der Waals surface area contributed by atoms with Crippen molar-refractivity contribution in [2.75, 3.05) is 0 Å². The third-order valence-electron chi connectivity index (χ3n) is 9.29. The largest absolute Gasteiger partial charge is 0.208 e. The molecule has 0 aliphatic heterocycles. The summed E-state index contributed by atoms with van der Waals surface area (Å²) in [5, 5.41) is 4.74. The van der Waals surface area contributed by atoms with Gasteiger partial charge in [-0.15, -0.1) is 0 Å². The van der Waals surface area contributed by atoms with Crippen molar-refractivity contribution in [3.8, 4) is 67.5 Å². The van der Waals surface area contributed by atoms with Crippen LogP contribution in [0, 0.1) is 0 Å². The Labute approximate surface area is 291 Å². The summed E-state index contributed by atoms with van der Waals surface area (Å²) >= 11 is 0. The molecule has 0 fully saturated rings. The maximum absolute atomic E-state index is 5.15. The second-order valence-corrected chi connectivity index (χ2v) is 12.5. The van der Waals surface area contributed by atoms with Crippen LogP contribution in [0.4, 0.5) is 0 Å². The van der Waals surface area contributed by atoms with Crippen LogP contribution in [0.5, 0.6) is 0 Å². The number of hydrogen-bond acceptors (Lipinski definition) is 3. The van der Waals surface area contributed by atoms with Crippen LogP contribution in [-0.4, -0.2) is 15.0 Å². The van der Waals surface area contributed by atoms with E-state index in [1.54, 1.807) is 0 Å². The highest BCUT2D eigenvalue weighted by molar-refractivity contribution is 6.01. The third kappa shape index (κ3) is 5.61. The van der Waals surface area contributed by atoms with Gasteiger partial charge in [-0.25, -0.2) is 15.0 Å². The van der Waals surface area contributed by atoms with E-state index in [0.29, 0.717) is 17.5 Å². The summed E-state index contributed by atoms with van der Waals surface area (Å²) in [4.78, 5) is 15.3. The summed E-state index contributed by atoms with van der Waals surface area (Å²) in [6.45, 7) is 0. The Bertz CT molecular complexity index is 2630. The Kier molecular flexibility index (Phi) is 7.49. The maximum Gasteiger partial charge on any atom is 0.164 e. The van der Waals surface area contributed by atoms with Gasteiger partial charge in [-0.1, -0.05) is 164 Å². The molecule has 0 aliphatic carbocycles. The second-order valence-electron chi connectivity index (χ2n) is 12.5. The molecule has 1 heterocycles. The topological polar surface area (TPSA) is 38.7 Å². The van der Waals surface area contributed by atoms with Crippen LogP contribution in [0.3, 0.4) is 0 Å². The molecule has 0 radical (unpaired) electrons. The predicted octanol–water partition coefficient (Wildman–Crippen LogP) is 12.2. The van der Waals surface area contributed by atoms with Gasteiger partial charge in [0.25, 0.3) is 0 Å². The first kappa shape index (κ1) is 29.4. The molecular weight excluding hydrogens is 607 g/mol. The first-order chi connectivity index (χ1) is 24.8. The molecular formula is C47H31N3. The van der Waals surface area contributed by atoms with Gasteiger partial charge in [0.1, 0.15) is 0 Å². The number of aromatic nitrogens is 3. The van der Waals surface area contributed by atoms with Crippen molar-refractivity contribution >= 4 is 21.5 Å². The molecule has 9 rings (SSSR count). The lowest BCUT2D eigenvalue weighted by atomic mass is 9.92. The van der Waals surface area contributed by atoms with Gasteiger partial charge in [0.15, 0.2) is 17.5 Å². The van der Waals surface area contributed by atoms with Gasteiger partial charge in [-0.2, -0.15) is 0 Å². The van der Waals surface area contributed by atoms with Crippen LogP contribution in [0.15, 0.2) is 188 Å². The number of hydrogen-bond donors (Lipinski definition) is 0. The van der Waals surface area contributed by atoms with Crippen LogP contribution < -0.4 is 0 Å². The number of nitrogens with zero attached hydrogens (tertiary/aromatic N) is 3. The van der Waals surface area contributed by atoms with Crippen molar-refractivity contribution in [2.24, 2.45) is 0 Å². The van der Waals surface area contributed by atoms with Crippen molar-refractivity contribution in [2.45, 2.75) is 0 Å². The Morgan fingerprint density at radius 2 is 0.780 bits per heavy atom. The van der Waals surface area contributed by atoms with E-state index in [2.05, 4.69) is 170 Å². The highest BCUT2D eigenvalue weighted by Gasteiger charge is 2.15. The van der Waals surface area contributed by atoms with Crippen LogP contribution in [0.1, 0.15) is 0 Å². The van der Waals surface area contributed by atoms with Gasteiger partial charge >= 0.3 is 0 Å². The van der Waals surface area contributed by atoms with Crippen molar-refractivity contribution in [3.63, 3.8) is 0 Å². The van der Waals surface area contributed by atoms with Crippen LogP contribution in [0.2, 0.25) is 0 Å². The molecule has 0 saturated carbocycles. The maximum atomic E-state index is 5.15. The zero-order chi connectivity index (χ0) is 33.3. The molecule has 0 spiro atoms. The molecule has 0 unspecified atom stereocenters. The summed E-state index contributed by atoms with van der Waals surface area (Å²) in [6.07, 6.45) is 0. The Hall–Kier alpha value is -6.71. The lowest BCUT2D eigenvalue weighted by Gasteiger charge is -2.13. The highest BCUT2D eigenvalue weighted by Crippen LogP contribution is 2.37. The Balaban J connectivity index is 1.21. The van der Waals surface area contributed by atoms with Crippen LogP contribution >= 0.6 is 0 Å². The monoisotopic (exact) mass is 637 g/mol. The smallest absolute Gasteiger partial charge is 0.164 e. The predicted molar refractivity (Wildman–Crippen MR) is 207 cm³/mol. The van der Waals surface area contributed by atoms with Gasteiger partial charge in [0, 0.05) is 16.7 Å². The highest BCUT2D eigenvalue weighted by atomic mass is 15.0. The van der Waals surface area contributed by atoms with Crippen molar-refractivity contribution < 1.29 is 0 Å². The minimum absolute atomic E-state index is 0.635. The lowest BCUT2D eigenvalue weighted by Crippen LogP contribution is -2.00. The van der Waals surface area contributed by atoms with E-state index in [0.717, 1.165) is 27.6 Å². The number of benzene rings is 8. The zero-order valence-corrected chi connectivity index (χ0v) is 27.2. The molecule has 50 heavy (non-hydrogen) atoms. The fourth-order valence-corrected chi connectivity index (χ4v) is 6.80. The molecule has 0 bridgehead atoms. The van der Waals surface area contributed by atoms with Crippen LogP contribution in [0.25, 0.3) is 89.1 Å². The first-order valence-electron chi connectivity index (χ1n) is 16.9. The average molecular weight is 638 g/mol. The van der Waals surface area contributed by atoms with E-state index < -0.39 is 0 Å². The summed E-state index contributed by atoms with van der Waals surface area (Å²) in [5.74, 6) is 1.92. The lowest BCUT2D eigenvalue weighted by molar-refractivity contribution is 1.07. The fourth-order valence-electron chi connectivity index (χ4n) is 6.80. The molecule has 9 aromatic rings. The van der Waals surface area contributed by atoms with Gasteiger partial charge in [-0.3, -0.25) is 0 Å². The molecule has 0 saturated heterocycles. The first-order valence-corrected chi connectivity index (χ1v) is 16.9. The van der Waals surface area contributed by atoms with Gasteiger partial charge in [-0.05, 0) is 79.2 Å². The van der Waals surface area contributed by atoms with Crippen LogP contribution in [-0.2, 0) is 0 Å². The van der Waals surface area contributed by atoms with Gasteiger partial charge in [0.05, 0.1) is 0 Å². The van der Waals surface area contributed by atoms with E-state index in [4.69, 9.17) is 15.0 Å². The molecule has 0 atom stereocenters. The van der Waals surface area contributed by atoms with E-state index >= 15 is 0 Å². The van der Waals surface area contributed by atoms with Gasteiger partial charge < -0.3 is 0 Å². The SMILES string of the molecule is c1ccc(-c2cc(-c3cccc(-c4nc(-c5ccccc5)nc(-c5ccc6cccc(-c7ccccc7)c6c5)n4)c3)c3ccccc3c2)cc1. The minimum Gasteiger partial charge on any atom is -0.208 e.